The molecule has 0 radical (unpaired) electrons. The van der Waals surface area contributed by atoms with Gasteiger partial charge in [0.2, 0.25) is 5.52 Å². The van der Waals surface area contributed by atoms with E-state index < -0.39 is 10.1 Å². The molecule has 8 heteroatoms. The van der Waals surface area contributed by atoms with Gasteiger partial charge in [-0.3, -0.25) is 4.55 Å². The number of aromatic nitrogens is 1. The lowest BCUT2D eigenvalue weighted by molar-refractivity contribution is -0.667. The van der Waals surface area contributed by atoms with Crippen LogP contribution in [0.15, 0.2) is 54.6 Å². The molecule has 0 aliphatic heterocycles. The summed E-state index contributed by atoms with van der Waals surface area (Å²) in [6, 6.07) is 18.0. The highest BCUT2D eigenvalue weighted by Gasteiger charge is 2.22. The van der Waals surface area contributed by atoms with Crippen LogP contribution in [0.25, 0.3) is 33.1 Å². The van der Waals surface area contributed by atoms with Crippen molar-refractivity contribution >= 4 is 60.3 Å². The van der Waals surface area contributed by atoms with Crippen LogP contribution in [0.2, 0.25) is 0 Å². The van der Waals surface area contributed by atoms with Crippen molar-refractivity contribution in [2.75, 3.05) is 23.7 Å². The van der Waals surface area contributed by atoms with Gasteiger partial charge in [-0.05, 0) is 49.6 Å². The Labute approximate surface area is 204 Å². The van der Waals surface area contributed by atoms with E-state index in [0.29, 0.717) is 18.5 Å². The predicted octanol–water partition coefficient (Wildman–Crippen LogP) is 5.34. The monoisotopic (exact) mass is 497 g/mol. The number of thiazole rings is 1. The number of nitrogens with zero attached hydrogens (tertiary/aromatic N) is 2. The van der Waals surface area contributed by atoms with E-state index in [1.54, 1.807) is 17.4 Å². The number of rotatable bonds is 9. The minimum absolute atomic E-state index is 0.213. The zero-order valence-corrected chi connectivity index (χ0v) is 20.9. The molecule has 4 rings (SSSR count). The van der Waals surface area contributed by atoms with Crippen LogP contribution in [0.5, 0.6) is 5.75 Å². The number of phenolic OH excluding ortho intramolecular Hbond substituents is 1. The van der Waals surface area contributed by atoms with Crippen LogP contribution in [-0.4, -0.2) is 36.9 Å². The SMILES string of the molecule is CCN(CC)c1ccc(/C=C/c2sc3ccc4ccccc4c3[n+]2CCCS(=O)(=O)O)c(O)c1. The van der Waals surface area contributed by atoms with Gasteiger partial charge in [-0.25, -0.2) is 0 Å². The fourth-order valence-electron chi connectivity index (χ4n) is 4.24. The molecule has 1 heterocycles. The van der Waals surface area contributed by atoms with Crippen molar-refractivity contribution in [1.82, 2.24) is 0 Å². The van der Waals surface area contributed by atoms with Gasteiger partial charge in [0.15, 0.2) is 6.54 Å². The minimum atomic E-state index is -4.03. The third-order valence-electron chi connectivity index (χ3n) is 5.95. The van der Waals surface area contributed by atoms with E-state index in [0.717, 1.165) is 44.8 Å². The highest BCUT2D eigenvalue weighted by molar-refractivity contribution is 7.85. The van der Waals surface area contributed by atoms with Crippen LogP contribution in [0, 0.1) is 0 Å². The summed E-state index contributed by atoms with van der Waals surface area (Å²) >= 11 is 1.61. The van der Waals surface area contributed by atoms with E-state index in [-0.39, 0.29) is 11.5 Å². The molecule has 0 spiro atoms. The van der Waals surface area contributed by atoms with Gasteiger partial charge >= 0.3 is 0 Å². The van der Waals surface area contributed by atoms with E-state index in [1.165, 1.54) is 0 Å². The van der Waals surface area contributed by atoms with Crippen molar-refractivity contribution < 1.29 is 22.6 Å². The molecule has 0 aliphatic rings. The smallest absolute Gasteiger partial charge is 0.265 e. The van der Waals surface area contributed by atoms with Crippen molar-refractivity contribution in [1.29, 1.82) is 0 Å². The second-order valence-electron chi connectivity index (χ2n) is 8.11. The van der Waals surface area contributed by atoms with Gasteiger partial charge in [0.05, 0.1) is 11.1 Å². The first-order chi connectivity index (χ1) is 16.3. The van der Waals surface area contributed by atoms with Gasteiger partial charge in [0.1, 0.15) is 10.4 Å². The molecule has 0 unspecified atom stereocenters. The molecule has 0 saturated heterocycles. The standard InChI is InChI=1S/C26H28N2O4S2/c1-3-27(4-2)21-13-10-20(23(29)18-21)12-15-25-28(16-7-17-34(30,31)32)26-22-9-6-5-8-19(22)11-14-24(26)33-25/h5-6,8-15,18H,3-4,7,16-17H2,1-2H3,(H,30,31,32)/p+1. The van der Waals surface area contributed by atoms with E-state index in [9.17, 15) is 18.1 Å². The fourth-order valence-corrected chi connectivity index (χ4v) is 5.85. The van der Waals surface area contributed by atoms with Gasteiger partial charge < -0.3 is 10.0 Å². The topological polar surface area (TPSA) is 81.7 Å². The minimum Gasteiger partial charge on any atom is -0.507 e. The second-order valence-corrected chi connectivity index (χ2v) is 10.7. The largest absolute Gasteiger partial charge is 0.507 e. The molecule has 0 amide bonds. The average Bonchev–Trinajstić information content (AvgIpc) is 3.16. The van der Waals surface area contributed by atoms with Gasteiger partial charge in [-0.1, -0.05) is 35.6 Å². The second kappa shape index (κ2) is 10.1. The summed E-state index contributed by atoms with van der Waals surface area (Å²) < 4.78 is 35.0. The Kier molecular flexibility index (Phi) is 7.21. The number of benzene rings is 3. The molecule has 178 valence electrons. The highest BCUT2D eigenvalue weighted by atomic mass is 32.2. The van der Waals surface area contributed by atoms with Crippen LogP contribution in [0.4, 0.5) is 5.69 Å². The number of aromatic hydroxyl groups is 1. The maximum absolute atomic E-state index is 11.3. The molecule has 0 saturated carbocycles. The zero-order chi connectivity index (χ0) is 24.3. The molecule has 3 aromatic carbocycles. The average molecular weight is 498 g/mol. The van der Waals surface area contributed by atoms with Crippen LogP contribution in [-0.2, 0) is 16.7 Å². The first-order valence-corrected chi connectivity index (χ1v) is 13.8. The van der Waals surface area contributed by atoms with Gasteiger partial charge in [0.25, 0.3) is 15.1 Å². The Balaban J connectivity index is 1.75. The molecule has 6 nitrogen and oxygen atoms in total. The summed E-state index contributed by atoms with van der Waals surface area (Å²) in [7, 11) is -4.03. The quantitative estimate of drug-likeness (QED) is 0.241. The molecule has 0 fully saturated rings. The maximum atomic E-state index is 11.3. The van der Waals surface area contributed by atoms with Crippen LogP contribution in [0.1, 0.15) is 30.8 Å². The lowest BCUT2D eigenvalue weighted by atomic mass is 10.1. The Morgan fingerprint density at radius 3 is 2.50 bits per heavy atom. The van der Waals surface area contributed by atoms with Crippen molar-refractivity contribution in [3.63, 3.8) is 0 Å². The lowest BCUT2D eigenvalue weighted by Gasteiger charge is -2.21. The summed E-state index contributed by atoms with van der Waals surface area (Å²) in [5.74, 6) is -0.0797. The fraction of sp³-hybridized carbons (Fsp3) is 0.269. The van der Waals surface area contributed by atoms with Crippen molar-refractivity contribution in [3.8, 4) is 5.75 Å². The lowest BCUT2D eigenvalue weighted by Crippen LogP contribution is -2.36. The van der Waals surface area contributed by atoms with E-state index >= 15 is 0 Å². The molecule has 0 bridgehead atoms. The van der Waals surface area contributed by atoms with E-state index in [1.807, 2.05) is 36.4 Å². The third kappa shape index (κ3) is 5.24. The maximum Gasteiger partial charge on any atom is 0.265 e. The molecule has 34 heavy (non-hydrogen) atoms. The summed E-state index contributed by atoms with van der Waals surface area (Å²) in [6.07, 6.45) is 4.13. The number of phenols is 1. The first-order valence-electron chi connectivity index (χ1n) is 11.4. The number of hydrogen-bond donors (Lipinski definition) is 2. The highest BCUT2D eigenvalue weighted by Crippen LogP contribution is 2.30. The molecular weight excluding hydrogens is 468 g/mol. The normalized spacial score (nSPS) is 12.2. The van der Waals surface area contributed by atoms with Crippen molar-refractivity contribution in [3.05, 3.63) is 65.2 Å². The predicted molar refractivity (Wildman–Crippen MR) is 141 cm³/mol. The number of fused-ring (bicyclic) bond motifs is 3. The summed E-state index contributed by atoms with van der Waals surface area (Å²) in [4.78, 5) is 2.17. The van der Waals surface area contributed by atoms with Gasteiger partial charge in [-0.2, -0.15) is 13.0 Å². The van der Waals surface area contributed by atoms with Crippen molar-refractivity contribution in [2.24, 2.45) is 0 Å². The molecule has 2 N–H and O–H groups in total. The summed E-state index contributed by atoms with van der Waals surface area (Å²) in [6.45, 7) is 6.34. The number of hydrogen-bond acceptors (Lipinski definition) is 5. The number of anilines is 1. The Hall–Kier alpha value is -2.94. The zero-order valence-electron chi connectivity index (χ0n) is 19.3. The molecule has 0 atom stereocenters. The van der Waals surface area contributed by atoms with Crippen LogP contribution < -0.4 is 9.47 Å². The third-order valence-corrected chi connectivity index (χ3v) is 7.87. The number of aryl methyl sites for hydroxylation is 1. The Morgan fingerprint density at radius 1 is 1.03 bits per heavy atom. The van der Waals surface area contributed by atoms with Crippen molar-refractivity contribution in [2.45, 2.75) is 26.8 Å². The Bertz CT molecular complexity index is 1450. The molecule has 0 aliphatic carbocycles. The summed E-state index contributed by atoms with van der Waals surface area (Å²) in [5, 5.41) is 13.8. The van der Waals surface area contributed by atoms with E-state index in [2.05, 4.69) is 47.6 Å². The first kappa shape index (κ1) is 24.2. The van der Waals surface area contributed by atoms with Crippen LogP contribution >= 0.6 is 11.3 Å². The molecule has 1 aromatic heterocycles. The van der Waals surface area contributed by atoms with Crippen LogP contribution in [0.3, 0.4) is 0 Å². The van der Waals surface area contributed by atoms with E-state index in [4.69, 9.17) is 0 Å². The molecular formula is C26H29N2O4S2+. The van der Waals surface area contributed by atoms with Gasteiger partial charge in [0, 0.05) is 42.9 Å². The summed E-state index contributed by atoms with van der Waals surface area (Å²) in [5.41, 5.74) is 2.73. The Morgan fingerprint density at radius 2 is 1.79 bits per heavy atom. The van der Waals surface area contributed by atoms with Gasteiger partial charge in [-0.15, -0.1) is 0 Å². The molecule has 4 aromatic rings.